The number of hydrogen-bond acceptors (Lipinski definition) is 4. The van der Waals surface area contributed by atoms with Gasteiger partial charge < -0.3 is 24.6 Å². The van der Waals surface area contributed by atoms with Crippen molar-refractivity contribution in [1.82, 2.24) is 0 Å². The van der Waals surface area contributed by atoms with Crippen molar-refractivity contribution in [1.29, 1.82) is 0 Å². The molecule has 0 fully saturated rings. The van der Waals surface area contributed by atoms with E-state index >= 15 is 0 Å². The van der Waals surface area contributed by atoms with E-state index in [2.05, 4.69) is 29.5 Å². The maximum Gasteiger partial charge on any atom is 0.444 e. The van der Waals surface area contributed by atoms with Crippen molar-refractivity contribution in [3.05, 3.63) is 42.5 Å². The molecule has 0 heterocycles. The smallest absolute Gasteiger partial charge is 0.444 e. The van der Waals surface area contributed by atoms with Gasteiger partial charge in [0.25, 0.3) is 0 Å². The summed E-state index contributed by atoms with van der Waals surface area (Å²) in [5, 5.41) is 16.4. The van der Waals surface area contributed by atoms with Crippen molar-refractivity contribution in [2.45, 2.75) is 39.7 Å². The second-order valence-electron chi connectivity index (χ2n) is 6.77. The number of amidine groups is 1. The molecule has 0 bridgehead atoms. The molecule has 4 N–H and O–H groups in total. The quantitative estimate of drug-likeness (QED) is 0.241. The van der Waals surface area contributed by atoms with Crippen LogP contribution >= 0.6 is 0 Å². The third kappa shape index (κ3) is 7.48. The highest BCUT2D eigenvalue weighted by Gasteiger charge is 2.14. The topological polar surface area (TPSA) is 86.0 Å². The Morgan fingerprint density at radius 1 is 1.00 bits per heavy atom. The predicted octanol–water partition coefficient (Wildman–Crippen LogP) is 3.53. The van der Waals surface area contributed by atoms with Crippen LogP contribution in [0.4, 0.5) is 11.4 Å². The SMILES string of the molecule is CCOc1cc(NC(O)=[NH+]C(CC)CC)ccc1Oc1ccc(NCCOC)cc1. The van der Waals surface area contributed by atoms with E-state index in [1.165, 1.54) is 0 Å². The molecule has 0 amide bonds. The highest BCUT2D eigenvalue weighted by atomic mass is 16.5. The minimum absolute atomic E-state index is 0.0244. The van der Waals surface area contributed by atoms with E-state index in [-0.39, 0.29) is 12.1 Å². The number of ether oxygens (including phenoxy) is 3. The van der Waals surface area contributed by atoms with Gasteiger partial charge in [0.15, 0.2) is 11.5 Å². The fraction of sp³-hybridized carbons (Fsp3) is 0.435. The van der Waals surface area contributed by atoms with Gasteiger partial charge in [-0.05, 0) is 56.2 Å². The Hall–Kier alpha value is -2.93. The molecule has 164 valence electrons. The van der Waals surface area contributed by atoms with Crippen molar-refractivity contribution in [3.63, 3.8) is 0 Å². The molecular formula is C23H34N3O4+. The van der Waals surface area contributed by atoms with Gasteiger partial charge in [0.05, 0.1) is 19.3 Å². The lowest BCUT2D eigenvalue weighted by molar-refractivity contribution is -0.512. The summed E-state index contributed by atoms with van der Waals surface area (Å²) in [6.07, 6.45) is 1.86. The zero-order valence-electron chi connectivity index (χ0n) is 18.3. The first-order valence-electron chi connectivity index (χ1n) is 10.5. The van der Waals surface area contributed by atoms with Gasteiger partial charge in [-0.15, -0.1) is 0 Å². The Balaban J connectivity index is 2.09. The summed E-state index contributed by atoms with van der Waals surface area (Å²) in [6.45, 7) is 7.98. The van der Waals surface area contributed by atoms with Crippen LogP contribution in [0.5, 0.6) is 17.2 Å². The van der Waals surface area contributed by atoms with Crippen LogP contribution in [0, 0.1) is 0 Å². The van der Waals surface area contributed by atoms with E-state index in [4.69, 9.17) is 14.2 Å². The van der Waals surface area contributed by atoms with Crippen LogP contribution < -0.4 is 25.1 Å². The molecule has 2 aromatic carbocycles. The Kier molecular flexibility index (Phi) is 9.80. The van der Waals surface area contributed by atoms with E-state index in [9.17, 15) is 5.11 Å². The van der Waals surface area contributed by atoms with Crippen LogP contribution in [0.1, 0.15) is 33.6 Å². The Morgan fingerprint density at radius 3 is 2.33 bits per heavy atom. The van der Waals surface area contributed by atoms with E-state index in [0.29, 0.717) is 36.1 Å². The second kappa shape index (κ2) is 12.6. The van der Waals surface area contributed by atoms with Crippen LogP contribution in [0.15, 0.2) is 42.5 Å². The number of benzene rings is 2. The normalized spacial score (nSPS) is 11.4. The summed E-state index contributed by atoms with van der Waals surface area (Å²) in [4.78, 5) is 3.07. The lowest BCUT2D eigenvalue weighted by atomic mass is 10.2. The van der Waals surface area contributed by atoms with E-state index in [0.717, 1.165) is 25.1 Å². The molecule has 0 radical (unpaired) electrons. The van der Waals surface area contributed by atoms with Gasteiger partial charge in [0.1, 0.15) is 11.4 Å². The molecule has 0 aliphatic rings. The van der Waals surface area contributed by atoms with E-state index in [1.807, 2.05) is 49.4 Å². The van der Waals surface area contributed by atoms with Crippen LogP contribution in [-0.4, -0.2) is 44.0 Å². The maximum absolute atomic E-state index is 10.2. The van der Waals surface area contributed by atoms with Crippen molar-refractivity contribution >= 4 is 17.4 Å². The Labute approximate surface area is 179 Å². The summed E-state index contributed by atoms with van der Waals surface area (Å²) >= 11 is 0. The highest BCUT2D eigenvalue weighted by Crippen LogP contribution is 2.34. The van der Waals surface area contributed by atoms with Gasteiger partial charge in [-0.3, -0.25) is 0 Å². The van der Waals surface area contributed by atoms with Crippen LogP contribution in [0.3, 0.4) is 0 Å². The molecule has 0 saturated carbocycles. The lowest BCUT2D eigenvalue weighted by Gasteiger charge is -2.13. The van der Waals surface area contributed by atoms with Crippen molar-refractivity contribution in [3.8, 4) is 17.2 Å². The van der Waals surface area contributed by atoms with Crippen molar-refractivity contribution in [2.75, 3.05) is 37.5 Å². The van der Waals surface area contributed by atoms with Gasteiger partial charge in [-0.1, -0.05) is 13.8 Å². The summed E-state index contributed by atoms with van der Waals surface area (Å²) < 4.78 is 16.8. The first kappa shape index (κ1) is 23.3. The molecule has 2 aromatic rings. The molecule has 0 aliphatic carbocycles. The minimum Gasteiger partial charge on any atom is -0.490 e. The van der Waals surface area contributed by atoms with E-state index < -0.39 is 0 Å². The molecule has 0 spiro atoms. The van der Waals surface area contributed by atoms with E-state index in [1.54, 1.807) is 7.11 Å². The Morgan fingerprint density at radius 2 is 1.70 bits per heavy atom. The first-order chi connectivity index (χ1) is 14.6. The summed E-state index contributed by atoms with van der Waals surface area (Å²) in [6, 6.07) is 13.4. The highest BCUT2D eigenvalue weighted by molar-refractivity contribution is 5.83. The summed E-state index contributed by atoms with van der Waals surface area (Å²) in [5.41, 5.74) is 1.71. The predicted molar refractivity (Wildman–Crippen MR) is 121 cm³/mol. The van der Waals surface area contributed by atoms with Gasteiger partial charge in [0.2, 0.25) is 0 Å². The molecular weight excluding hydrogens is 382 g/mol. The number of nitrogens with one attached hydrogen (secondary N) is 3. The molecule has 7 nitrogen and oxygen atoms in total. The average molecular weight is 417 g/mol. The molecule has 0 unspecified atom stereocenters. The maximum atomic E-state index is 10.2. The number of rotatable bonds is 12. The number of methoxy groups -OCH3 is 1. The minimum atomic E-state index is 0.0244. The standard InChI is InChI=1S/C23H33N3O4/c1-5-17(6-2)25-23(27)26-19-10-13-21(22(16-19)29-7-3)30-20-11-8-18(9-12-20)24-14-15-28-4/h8-13,16-17,24H,5-7,14-15H2,1-4H3,(H2,25,26,27)/p+1. The number of anilines is 2. The third-order valence-electron chi connectivity index (χ3n) is 4.55. The molecule has 7 heteroatoms. The Bertz CT molecular complexity index is 790. The van der Waals surface area contributed by atoms with Crippen molar-refractivity contribution in [2.24, 2.45) is 0 Å². The van der Waals surface area contributed by atoms with Crippen LogP contribution in [0.25, 0.3) is 0 Å². The fourth-order valence-electron chi connectivity index (χ4n) is 2.86. The lowest BCUT2D eigenvalue weighted by Crippen LogP contribution is -2.80. The summed E-state index contributed by atoms with van der Waals surface area (Å²) in [5.74, 6) is 1.91. The molecule has 0 atom stereocenters. The van der Waals surface area contributed by atoms with Gasteiger partial charge >= 0.3 is 6.02 Å². The van der Waals surface area contributed by atoms with Gasteiger partial charge in [-0.25, -0.2) is 10.3 Å². The zero-order chi connectivity index (χ0) is 21.8. The summed E-state index contributed by atoms with van der Waals surface area (Å²) in [7, 11) is 1.68. The number of aliphatic hydroxyl groups excluding tert-OH is 1. The zero-order valence-corrected chi connectivity index (χ0v) is 18.3. The number of aliphatic hydroxyl groups is 1. The van der Waals surface area contributed by atoms with Gasteiger partial charge in [0, 0.05) is 25.4 Å². The molecule has 0 saturated heterocycles. The molecule has 2 rings (SSSR count). The van der Waals surface area contributed by atoms with Gasteiger partial charge in [-0.2, -0.15) is 0 Å². The molecule has 30 heavy (non-hydrogen) atoms. The second-order valence-corrected chi connectivity index (χ2v) is 6.77. The molecule has 0 aliphatic heterocycles. The number of hydrogen-bond donors (Lipinski definition) is 4. The largest absolute Gasteiger partial charge is 0.490 e. The van der Waals surface area contributed by atoms with Crippen LogP contribution in [-0.2, 0) is 4.74 Å². The fourth-order valence-corrected chi connectivity index (χ4v) is 2.86. The molecule has 0 aromatic heterocycles. The average Bonchev–Trinajstić information content (AvgIpc) is 2.75. The monoisotopic (exact) mass is 416 g/mol. The van der Waals surface area contributed by atoms with Crippen molar-refractivity contribution < 1.29 is 24.3 Å². The third-order valence-corrected chi connectivity index (χ3v) is 4.55. The van der Waals surface area contributed by atoms with Crippen LogP contribution in [0.2, 0.25) is 0 Å². The first-order valence-corrected chi connectivity index (χ1v) is 10.5.